The highest BCUT2D eigenvalue weighted by molar-refractivity contribution is 5.79. The van der Waals surface area contributed by atoms with Crippen LogP contribution in [0.2, 0.25) is 0 Å². The Labute approximate surface area is 120 Å². The number of carboxylic acids is 1. The van der Waals surface area contributed by atoms with Crippen molar-refractivity contribution in [1.29, 1.82) is 0 Å². The number of likely N-dealkylation sites (N-methyl/N-ethyl adjacent to an activating group) is 1. The van der Waals surface area contributed by atoms with Gasteiger partial charge in [0, 0.05) is 12.7 Å². The number of carboxylic acid groups (broad SMARTS) is 1. The van der Waals surface area contributed by atoms with E-state index in [-0.39, 0.29) is 12.5 Å². The largest absolute Gasteiger partial charge is 0.480 e. The lowest BCUT2D eigenvalue weighted by molar-refractivity contribution is -0.146. The molecule has 118 valence electrons. The maximum atomic E-state index is 12.5. The van der Waals surface area contributed by atoms with E-state index in [0.717, 1.165) is 18.9 Å². The van der Waals surface area contributed by atoms with Crippen LogP contribution in [0, 0.1) is 5.92 Å². The summed E-state index contributed by atoms with van der Waals surface area (Å²) in [5.41, 5.74) is -1.90. The van der Waals surface area contributed by atoms with Crippen molar-refractivity contribution in [1.82, 2.24) is 15.1 Å². The van der Waals surface area contributed by atoms with Crippen LogP contribution in [-0.4, -0.2) is 33.4 Å². The Morgan fingerprint density at radius 1 is 1.62 bits per heavy atom. The second kappa shape index (κ2) is 5.67. The minimum atomic E-state index is -4.45. The molecule has 2 rings (SSSR count). The molecule has 0 aromatic carbocycles. The maximum absolute atomic E-state index is 12.5. The highest BCUT2D eigenvalue weighted by Crippen LogP contribution is 2.38. The lowest BCUT2D eigenvalue weighted by Gasteiger charge is -2.31. The van der Waals surface area contributed by atoms with Crippen LogP contribution in [0.4, 0.5) is 13.2 Å². The summed E-state index contributed by atoms with van der Waals surface area (Å²) in [6, 6.07) is 0.928. The van der Waals surface area contributed by atoms with Crippen molar-refractivity contribution in [3.8, 4) is 0 Å². The Balaban J connectivity index is 2.02. The number of nitrogens with zero attached hydrogens (tertiary/aromatic N) is 2. The molecule has 2 unspecified atom stereocenters. The van der Waals surface area contributed by atoms with Crippen molar-refractivity contribution in [2.75, 3.05) is 7.05 Å². The quantitative estimate of drug-likeness (QED) is 0.874. The first-order valence-electron chi connectivity index (χ1n) is 6.82. The molecule has 0 spiro atoms. The van der Waals surface area contributed by atoms with E-state index in [1.165, 1.54) is 10.9 Å². The van der Waals surface area contributed by atoms with Crippen LogP contribution in [0.25, 0.3) is 0 Å². The van der Waals surface area contributed by atoms with Crippen LogP contribution in [0.3, 0.4) is 0 Å². The summed E-state index contributed by atoms with van der Waals surface area (Å²) >= 11 is 0. The third kappa shape index (κ3) is 3.04. The van der Waals surface area contributed by atoms with Crippen LogP contribution in [0.5, 0.6) is 0 Å². The predicted molar refractivity (Wildman–Crippen MR) is 68.6 cm³/mol. The van der Waals surface area contributed by atoms with Crippen molar-refractivity contribution >= 4 is 5.97 Å². The van der Waals surface area contributed by atoms with Crippen LogP contribution < -0.4 is 5.32 Å². The van der Waals surface area contributed by atoms with E-state index in [4.69, 9.17) is 0 Å². The summed E-state index contributed by atoms with van der Waals surface area (Å²) in [6.07, 6.45) is -0.609. The Bertz CT molecular complexity index is 515. The first kappa shape index (κ1) is 15.8. The lowest BCUT2D eigenvalue weighted by atomic mass is 9.85. The van der Waals surface area contributed by atoms with Gasteiger partial charge in [-0.3, -0.25) is 9.48 Å². The molecular formula is C13H18F3N3O2. The third-order valence-electron chi connectivity index (χ3n) is 4.29. The molecular weight excluding hydrogens is 287 g/mol. The van der Waals surface area contributed by atoms with E-state index in [0.29, 0.717) is 12.8 Å². The second-order valence-corrected chi connectivity index (χ2v) is 5.37. The molecule has 8 heteroatoms. The number of hydrogen-bond donors (Lipinski definition) is 2. The maximum Gasteiger partial charge on any atom is 0.435 e. The average molecular weight is 305 g/mol. The van der Waals surface area contributed by atoms with Gasteiger partial charge >= 0.3 is 12.1 Å². The average Bonchev–Trinajstić information content (AvgIpc) is 3.02. The highest BCUT2D eigenvalue weighted by Gasteiger charge is 2.47. The molecule has 2 atom stereocenters. The number of nitrogens with one attached hydrogen (secondary N) is 1. The molecule has 21 heavy (non-hydrogen) atoms. The fourth-order valence-electron chi connectivity index (χ4n) is 3.11. The first-order valence-corrected chi connectivity index (χ1v) is 6.82. The second-order valence-electron chi connectivity index (χ2n) is 5.37. The zero-order valence-corrected chi connectivity index (χ0v) is 11.7. The van der Waals surface area contributed by atoms with Crippen LogP contribution >= 0.6 is 0 Å². The van der Waals surface area contributed by atoms with Gasteiger partial charge < -0.3 is 10.4 Å². The Kier molecular flexibility index (Phi) is 4.27. The standard InChI is InChI=1S/C13H18F3N3O2/c1-17-12(11(20)21)6-2-3-9(12)4-7-19-8-5-10(18-19)13(14,15)16/h5,8-9,17H,2-4,6-7H2,1H3,(H,20,21). The van der Waals surface area contributed by atoms with E-state index in [1.807, 2.05) is 0 Å². The zero-order chi connectivity index (χ0) is 15.7. The van der Waals surface area contributed by atoms with Crippen LogP contribution in [0.1, 0.15) is 31.4 Å². The zero-order valence-electron chi connectivity index (χ0n) is 11.7. The molecule has 0 radical (unpaired) electrons. The molecule has 1 heterocycles. The summed E-state index contributed by atoms with van der Waals surface area (Å²) in [4.78, 5) is 11.5. The van der Waals surface area contributed by atoms with Crippen LogP contribution in [-0.2, 0) is 17.5 Å². The highest BCUT2D eigenvalue weighted by atomic mass is 19.4. The summed E-state index contributed by atoms with van der Waals surface area (Å²) in [5.74, 6) is -1.01. The molecule has 1 aromatic heterocycles. The third-order valence-corrected chi connectivity index (χ3v) is 4.29. The molecule has 0 saturated heterocycles. The Morgan fingerprint density at radius 3 is 2.86 bits per heavy atom. The molecule has 1 saturated carbocycles. The summed E-state index contributed by atoms with van der Waals surface area (Å²) in [6.45, 7) is 0.275. The number of carbonyl (C=O) groups is 1. The molecule has 0 amide bonds. The van der Waals surface area contributed by atoms with Gasteiger partial charge in [-0.05, 0) is 38.3 Å². The van der Waals surface area contributed by atoms with Gasteiger partial charge in [-0.25, -0.2) is 0 Å². The Morgan fingerprint density at radius 2 is 2.33 bits per heavy atom. The fourth-order valence-corrected chi connectivity index (χ4v) is 3.11. The van der Waals surface area contributed by atoms with Gasteiger partial charge in [0.05, 0.1) is 0 Å². The van der Waals surface area contributed by atoms with E-state index in [1.54, 1.807) is 7.05 Å². The minimum Gasteiger partial charge on any atom is -0.480 e. The van der Waals surface area contributed by atoms with Crippen molar-refractivity contribution in [2.45, 2.75) is 43.9 Å². The van der Waals surface area contributed by atoms with Gasteiger partial charge in [0.25, 0.3) is 0 Å². The number of hydrogen-bond acceptors (Lipinski definition) is 3. The van der Waals surface area contributed by atoms with E-state index >= 15 is 0 Å². The molecule has 1 aliphatic carbocycles. The molecule has 0 bridgehead atoms. The number of aromatic nitrogens is 2. The Hall–Kier alpha value is -1.57. The van der Waals surface area contributed by atoms with Crippen LogP contribution in [0.15, 0.2) is 12.3 Å². The topological polar surface area (TPSA) is 67.2 Å². The number of rotatable bonds is 5. The van der Waals surface area contributed by atoms with Gasteiger partial charge in [-0.1, -0.05) is 6.42 Å². The number of alkyl halides is 3. The van der Waals surface area contributed by atoms with Gasteiger partial charge in [-0.2, -0.15) is 18.3 Å². The predicted octanol–water partition coefficient (Wildman–Crippen LogP) is 2.13. The fraction of sp³-hybridized carbons (Fsp3) is 0.692. The normalized spacial score (nSPS) is 26.2. The first-order chi connectivity index (χ1) is 9.79. The summed E-state index contributed by atoms with van der Waals surface area (Å²) < 4.78 is 38.6. The monoisotopic (exact) mass is 305 g/mol. The van der Waals surface area contributed by atoms with Crippen molar-refractivity contribution in [3.05, 3.63) is 18.0 Å². The molecule has 0 aliphatic heterocycles. The summed E-state index contributed by atoms with van der Waals surface area (Å²) in [5, 5.41) is 15.8. The summed E-state index contributed by atoms with van der Waals surface area (Å²) in [7, 11) is 1.61. The number of aliphatic carboxylic acids is 1. The number of aryl methyl sites for hydroxylation is 1. The molecule has 1 aromatic rings. The van der Waals surface area contributed by atoms with E-state index in [9.17, 15) is 23.1 Å². The van der Waals surface area contributed by atoms with Crippen molar-refractivity contribution in [2.24, 2.45) is 5.92 Å². The molecule has 1 aliphatic rings. The minimum absolute atomic E-state index is 0.112. The molecule has 2 N–H and O–H groups in total. The number of halogens is 3. The van der Waals surface area contributed by atoms with Crippen molar-refractivity contribution < 1.29 is 23.1 Å². The lowest BCUT2D eigenvalue weighted by Crippen LogP contribution is -2.53. The smallest absolute Gasteiger partial charge is 0.435 e. The molecule has 5 nitrogen and oxygen atoms in total. The van der Waals surface area contributed by atoms with Crippen molar-refractivity contribution in [3.63, 3.8) is 0 Å². The van der Waals surface area contributed by atoms with Gasteiger partial charge in [0.1, 0.15) is 5.54 Å². The van der Waals surface area contributed by atoms with E-state index in [2.05, 4.69) is 10.4 Å². The SMILES string of the molecule is CNC1(C(=O)O)CCCC1CCn1ccc(C(F)(F)F)n1. The van der Waals surface area contributed by atoms with E-state index < -0.39 is 23.4 Å². The van der Waals surface area contributed by atoms with Gasteiger partial charge in [0.2, 0.25) is 0 Å². The molecule has 1 fully saturated rings. The van der Waals surface area contributed by atoms with Gasteiger partial charge in [0.15, 0.2) is 5.69 Å². The van der Waals surface area contributed by atoms with Gasteiger partial charge in [-0.15, -0.1) is 0 Å².